The largest absolute Gasteiger partial charge is 0.508 e. The van der Waals surface area contributed by atoms with Gasteiger partial charge in [-0.3, -0.25) is 0 Å². The molecule has 0 amide bonds. The van der Waals surface area contributed by atoms with E-state index in [4.69, 9.17) is 6.42 Å². The molecule has 26 heavy (non-hydrogen) atoms. The molecule has 0 bridgehead atoms. The van der Waals surface area contributed by atoms with Gasteiger partial charge < -0.3 is 15.0 Å². The summed E-state index contributed by atoms with van der Waals surface area (Å²) >= 11 is 0. The van der Waals surface area contributed by atoms with Crippen LogP contribution in [0.3, 0.4) is 0 Å². The first-order chi connectivity index (χ1) is 12.2. The molecule has 2 N–H and O–H groups in total. The number of hydrogen-bond donors (Lipinski definition) is 2. The predicted octanol–water partition coefficient (Wildman–Crippen LogP) is 4.21. The Kier molecular flexibility index (Phi) is 4.92. The third kappa shape index (κ3) is 2.95. The average molecular weight is 354 g/mol. The van der Waals surface area contributed by atoms with Crippen molar-refractivity contribution in [3.05, 3.63) is 29.3 Å². The molecule has 0 aromatic heterocycles. The Morgan fingerprint density at radius 3 is 2.58 bits per heavy atom. The summed E-state index contributed by atoms with van der Waals surface area (Å²) in [6.45, 7) is 5.27. The number of rotatable bonds is 0. The van der Waals surface area contributed by atoms with Crippen LogP contribution in [0.1, 0.15) is 69.9 Å². The van der Waals surface area contributed by atoms with Crippen molar-refractivity contribution in [2.75, 3.05) is 0 Å². The number of aromatic hydroxyl groups is 1. The zero-order valence-corrected chi connectivity index (χ0v) is 16.1. The normalized spacial score (nSPS) is 37.3. The highest BCUT2D eigenvalue weighted by Gasteiger charge is 2.61. The molecule has 0 heterocycles. The van der Waals surface area contributed by atoms with Crippen LogP contribution in [0.4, 0.5) is 0 Å². The van der Waals surface area contributed by atoms with Gasteiger partial charge in [-0.05, 0) is 93.4 Å². The van der Waals surface area contributed by atoms with E-state index in [1.807, 2.05) is 12.1 Å². The summed E-state index contributed by atoms with van der Waals surface area (Å²) in [6, 6.07) is 5.87. The van der Waals surface area contributed by atoms with E-state index in [0.717, 1.165) is 38.5 Å². The number of benzene rings is 1. The number of terminal acetylenes is 1. The molecule has 0 aliphatic heterocycles. The van der Waals surface area contributed by atoms with Crippen LogP contribution in [-0.4, -0.2) is 21.6 Å². The Labute approximate surface area is 156 Å². The molecular weight excluding hydrogens is 324 g/mol. The molecule has 1 aromatic carbocycles. The molecule has 0 spiro atoms. The summed E-state index contributed by atoms with van der Waals surface area (Å²) < 4.78 is 0. The molecule has 1 aromatic rings. The fraction of sp³-hybridized carbons (Fsp3) is 0.609. The maximum Gasteiger partial charge on any atom is 0.130 e. The summed E-state index contributed by atoms with van der Waals surface area (Å²) in [5.74, 6) is 4.98. The van der Waals surface area contributed by atoms with Gasteiger partial charge in [0.05, 0.1) is 0 Å². The van der Waals surface area contributed by atoms with Gasteiger partial charge in [0.1, 0.15) is 17.1 Å². The highest BCUT2D eigenvalue weighted by atomic mass is 16.3. The van der Waals surface area contributed by atoms with E-state index in [1.165, 1.54) is 25.0 Å². The minimum absolute atomic E-state index is 0.128. The number of Topliss-reactive ketones (excluding diaryl/α,β-unsaturated/α-hetero) is 1. The van der Waals surface area contributed by atoms with Gasteiger partial charge >= 0.3 is 0 Å². The van der Waals surface area contributed by atoms with E-state index in [-0.39, 0.29) is 11.2 Å². The highest BCUT2D eigenvalue weighted by Crippen LogP contribution is 2.64. The first kappa shape index (κ1) is 19.0. The van der Waals surface area contributed by atoms with E-state index >= 15 is 0 Å². The van der Waals surface area contributed by atoms with Crippen molar-refractivity contribution in [2.24, 2.45) is 17.3 Å². The van der Waals surface area contributed by atoms with Gasteiger partial charge in [0, 0.05) is 5.41 Å². The van der Waals surface area contributed by atoms with E-state index in [1.54, 1.807) is 0 Å². The Morgan fingerprint density at radius 1 is 1.23 bits per heavy atom. The Morgan fingerprint density at radius 2 is 1.92 bits per heavy atom. The number of phenolic OH excluding ortho intramolecular Hbond substituents is 1. The number of phenols is 1. The second-order valence-electron chi connectivity index (χ2n) is 8.71. The van der Waals surface area contributed by atoms with Crippen LogP contribution in [0.2, 0.25) is 0 Å². The minimum Gasteiger partial charge on any atom is -0.508 e. The van der Waals surface area contributed by atoms with Gasteiger partial charge in [-0.15, -0.1) is 6.42 Å². The van der Waals surface area contributed by atoms with Crippen molar-refractivity contribution in [1.29, 1.82) is 0 Å². The molecule has 0 radical (unpaired) electrons. The molecule has 0 saturated heterocycles. The van der Waals surface area contributed by atoms with Crippen LogP contribution in [0.5, 0.6) is 5.75 Å². The van der Waals surface area contributed by atoms with Crippen molar-refractivity contribution in [3.63, 3.8) is 0 Å². The topological polar surface area (TPSA) is 57.5 Å². The van der Waals surface area contributed by atoms with Crippen molar-refractivity contribution >= 4 is 5.78 Å². The molecule has 3 nitrogen and oxygen atoms in total. The molecule has 0 unspecified atom stereocenters. The summed E-state index contributed by atoms with van der Waals surface area (Å²) in [7, 11) is 0. The number of ketones is 1. The molecule has 3 aliphatic carbocycles. The molecular formula is C23H30O3. The molecule has 4 rings (SSSR count). The fourth-order valence-electron chi connectivity index (χ4n) is 5.82. The van der Waals surface area contributed by atoms with Crippen LogP contribution < -0.4 is 0 Å². The summed E-state index contributed by atoms with van der Waals surface area (Å²) in [5, 5.41) is 20.6. The van der Waals surface area contributed by atoms with E-state index in [0.29, 0.717) is 23.5 Å². The standard InChI is InChI=1S/C20H24O2.C3H6O/c1-3-20(22)11-9-18-17-6-4-13-12-14(21)5-7-15(13)16(17)8-10-19(18,20)2;1-3(2)4/h1,5,7,12,16-18,21-22H,4,6,8-11H2,2H3;1-2H3/t16-,17-,18+,19+,20+;/m1./s1. The number of aryl methyl sites for hydroxylation is 1. The smallest absolute Gasteiger partial charge is 0.130 e. The highest BCUT2D eigenvalue weighted by molar-refractivity contribution is 5.72. The number of carbonyl (C=O) groups excluding carboxylic acids is 1. The van der Waals surface area contributed by atoms with Gasteiger partial charge in [-0.1, -0.05) is 18.9 Å². The third-order valence-electron chi connectivity index (χ3n) is 7.10. The van der Waals surface area contributed by atoms with Crippen molar-refractivity contribution in [2.45, 2.75) is 70.8 Å². The Balaban J connectivity index is 0.000000447. The summed E-state index contributed by atoms with van der Waals surface area (Å²) in [4.78, 5) is 9.44. The van der Waals surface area contributed by atoms with Crippen LogP contribution in [-0.2, 0) is 11.2 Å². The fourth-order valence-corrected chi connectivity index (χ4v) is 5.82. The summed E-state index contributed by atoms with van der Waals surface area (Å²) in [6.07, 6.45) is 11.8. The quantitative estimate of drug-likeness (QED) is 0.686. The Hall–Kier alpha value is -1.79. The van der Waals surface area contributed by atoms with Crippen molar-refractivity contribution in [1.82, 2.24) is 0 Å². The minimum atomic E-state index is -0.919. The lowest BCUT2D eigenvalue weighted by Gasteiger charge is -2.52. The van der Waals surface area contributed by atoms with Crippen molar-refractivity contribution < 1.29 is 15.0 Å². The van der Waals surface area contributed by atoms with E-state index in [2.05, 4.69) is 18.9 Å². The SMILES string of the molecule is C#C[C@]1(O)CC[C@H]2[C@@H]3CCc4cc(O)ccc4[C@H]3CC[C@@]21C.CC(C)=O. The molecule has 3 heteroatoms. The third-order valence-corrected chi connectivity index (χ3v) is 7.10. The van der Waals surface area contributed by atoms with Gasteiger partial charge in [-0.25, -0.2) is 0 Å². The lowest BCUT2D eigenvalue weighted by molar-refractivity contribution is -0.114. The van der Waals surface area contributed by atoms with Gasteiger partial charge in [0.25, 0.3) is 0 Å². The van der Waals surface area contributed by atoms with Crippen LogP contribution in [0, 0.1) is 29.6 Å². The van der Waals surface area contributed by atoms with Gasteiger partial charge in [-0.2, -0.15) is 0 Å². The second-order valence-corrected chi connectivity index (χ2v) is 8.71. The van der Waals surface area contributed by atoms with Crippen LogP contribution in [0.15, 0.2) is 18.2 Å². The molecule has 2 fully saturated rings. The monoisotopic (exact) mass is 354 g/mol. The number of carbonyl (C=O) groups is 1. The lowest BCUT2D eigenvalue weighted by Crippen LogP contribution is -2.50. The Bertz CT molecular complexity index is 742. The van der Waals surface area contributed by atoms with E-state index in [9.17, 15) is 15.0 Å². The average Bonchev–Trinajstić information content (AvgIpc) is 2.86. The number of fused-ring (bicyclic) bond motifs is 5. The van der Waals surface area contributed by atoms with Crippen molar-refractivity contribution in [3.8, 4) is 18.1 Å². The zero-order chi connectivity index (χ0) is 19.1. The molecule has 140 valence electrons. The molecule has 5 atom stereocenters. The van der Waals surface area contributed by atoms with Gasteiger partial charge in [0.15, 0.2) is 0 Å². The maximum atomic E-state index is 10.9. The lowest BCUT2D eigenvalue weighted by atomic mass is 9.53. The van der Waals surface area contributed by atoms with Crippen LogP contribution >= 0.6 is 0 Å². The first-order valence-electron chi connectivity index (χ1n) is 9.71. The first-order valence-corrected chi connectivity index (χ1v) is 9.71. The maximum absolute atomic E-state index is 10.9. The molecule has 2 saturated carbocycles. The molecule has 3 aliphatic rings. The van der Waals surface area contributed by atoms with Crippen LogP contribution in [0.25, 0.3) is 0 Å². The van der Waals surface area contributed by atoms with E-state index < -0.39 is 5.60 Å². The van der Waals surface area contributed by atoms with Gasteiger partial charge in [0.2, 0.25) is 0 Å². The summed E-state index contributed by atoms with van der Waals surface area (Å²) in [5.41, 5.74) is 1.69. The predicted molar refractivity (Wildman–Crippen MR) is 103 cm³/mol. The second kappa shape index (κ2) is 6.74. The zero-order valence-electron chi connectivity index (χ0n) is 16.1. The number of aliphatic hydroxyl groups is 1. The number of hydrogen-bond acceptors (Lipinski definition) is 3.